The van der Waals surface area contributed by atoms with Crippen molar-refractivity contribution in [2.24, 2.45) is 0 Å². The number of amides is 1. The molecule has 1 aromatic heterocycles. The molecule has 0 aliphatic heterocycles. The quantitative estimate of drug-likeness (QED) is 0.686. The minimum atomic E-state index is -0.288. The summed E-state index contributed by atoms with van der Waals surface area (Å²) >= 11 is 1.40. The van der Waals surface area contributed by atoms with E-state index in [1.165, 1.54) is 17.4 Å². The van der Waals surface area contributed by atoms with Gasteiger partial charge < -0.3 is 10.1 Å². The molecule has 3 rings (SSSR count). The third-order valence-corrected chi connectivity index (χ3v) is 4.48. The van der Waals surface area contributed by atoms with E-state index in [1.54, 1.807) is 23.6 Å². The average molecular weight is 370 g/mol. The van der Waals surface area contributed by atoms with Gasteiger partial charge in [-0.25, -0.2) is 9.37 Å². The van der Waals surface area contributed by atoms with E-state index in [0.29, 0.717) is 17.0 Å². The van der Waals surface area contributed by atoms with Gasteiger partial charge in [-0.2, -0.15) is 0 Å². The van der Waals surface area contributed by atoms with Crippen molar-refractivity contribution >= 4 is 17.2 Å². The standard InChI is InChI=1S/C20H19FN2O2S/c1-13(2)22-19(24)18-12-26-20(23-18)14-7-5-8-16(10-14)25-11-15-6-3-4-9-17(15)21/h3-10,12-13H,11H2,1-2H3,(H,22,24). The Kier molecular flexibility index (Phi) is 5.63. The molecule has 0 saturated carbocycles. The molecule has 0 aliphatic rings. The zero-order chi connectivity index (χ0) is 18.5. The molecule has 1 heterocycles. The third-order valence-electron chi connectivity index (χ3n) is 3.59. The number of hydrogen-bond acceptors (Lipinski definition) is 4. The highest BCUT2D eigenvalue weighted by Gasteiger charge is 2.13. The van der Waals surface area contributed by atoms with E-state index in [4.69, 9.17) is 4.74 Å². The fourth-order valence-corrected chi connectivity index (χ4v) is 3.14. The van der Waals surface area contributed by atoms with E-state index < -0.39 is 0 Å². The van der Waals surface area contributed by atoms with Gasteiger partial charge in [-0.3, -0.25) is 4.79 Å². The summed E-state index contributed by atoms with van der Waals surface area (Å²) in [5.41, 5.74) is 1.75. The summed E-state index contributed by atoms with van der Waals surface area (Å²) in [5, 5.41) is 5.29. The van der Waals surface area contributed by atoms with Gasteiger partial charge in [0.1, 0.15) is 28.9 Å². The van der Waals surface area contributed by atoms with Crippen LogP contribution in [0.15, 0.2) is 53.9 Å². The summed E-state index contributed by atoms with van der Waals surface area (Å²) in [7, 11) is 0. The van der Waals surface area contributed by atoms with Crippen LogP contribution in [0.5, 0.6) is 5.75 Å². The number of thiazole rings is 1. The van der Waals surface area contributed by atoms with Crippen LogP contribution >= 0.6 is 11.3 Å². The highest BCUT2D eigenvalue weighted by atomic mass is 32.1. The molecule has 26 heavy (non-hydrogen) atoms. The number of rotatable bonds is 6. The largest absolute Gasteiger partial charge is 0.489 e. The van der Waals surface area contributed by atoms with Crippen molar-refractivity contribution < 1.29 is 13.9 Å². The van der Waals surface area contributed by atoms with Crippen molar-refractivity contribution in [3.05, 3.63) is 71.0 Å². The van der Waals surface area contributed by atoms with Gasteiger partial charge in [0.25, 0.3) is 5.91 Å². The maximum atomic E-state index is 13.7. The lowest BCUT2D eigenvalue weighted by atomic mass is 10.2. The molecular weight excluding hydrogens is 351 g/mol. The van der Waals surface area contributed by atoms with E-state index in [9.17, 15) is 9.18 Å². The van der Waals surface area contributed by atoms with Gasteiger partial charge in [-0.05, 0) is 32.0 Å². The predicted molar refractivity (Wildman–Crippen MR) is 101 cm³/mol. The number of carbonyl (C=O) groups is 1. The molecule has 3 aromatic rings. The first-order valence-corrected chi connectivity index (χ1v) is 9.14. The van der Waals surface area contributed by atoms with Crippen LogP contribution in [-0.4, -0.2) is 16.9 Å². The van der Waals surface area contributed by atoms with E-state index in [0.717, 1.165) is 10.6 Å². The zero-order valence-electron chi connectivity index (χ0n) is 14.5. The first-order chi connectivity index (χ1) is 12.5. The van der Waals surface area contributed by atoms with Crippen LogP contribution in [0.2, 0.25) is 0 Å². The molecule has 0 bridgehead atoms. The Morgan fingerprint density at radius 3 is 2.81 bits per heavy atom. The van der Waals surface area contributed by atoms with Crippen LogP contribution in [0.3, 0.4) is 0 Å². The van der Waals surface area contributed by atoms with E-state index in [2.05, 4.69) is 10.3 Å². The van der Waals surface area contributed by atoms with Crippen molar-refractivity contribution in [2.75, 3.05) is 0 Å². The monoisotopic (exact) mass is 370 g/mol. The van der Waals surface area contributed by atoms with Crippen molar-refractivity contribution in [1.82, 2.24) is 10.3 Å². The molecular formula is C20H19FN2O2S. The second kappa shape index (κ2) is 8.10. The van der Waals surface area contributed by atoms with Crippen molar-refractivity contribution in [2.45, 2.75) is 26.5 Å². The number of ether oxygens (including phenoxy) is 1. The van der Waals surface area contributed by atoms with Crippen molar-refractivity contribution in [3.63, 3.8) is 0 Å². The molecule has 1 N–H and O–H groups in total. The second-order valence-electron chi connectivity index (χ2n) is 6.07. The summed E-state index contributed by atoms with van der Waals surface area (Å²) in [6.07, 6.45) is 0. The SMILES string of the molecule is CC(C)NC(=O)c1csc(-c2cccc(OCc3ccccc3F)c2)n1. The Morgan fingerprint density at radius 1 is 1.23 bits per heavy atom. The molecule has 2 aromatic carbocycles. The number of nitrogens with one attached hydrogen (secondary N) is 1. The van der Waals surface area contributed by atoms with Gasteiger partial charge in [-0.1, -0.05) is 30.3 Å². The molecule has 6 heteroatoms. The van der Waals surface area contributed by atoms with Crippen LogP contribution in [-0.2, 0) is 6.61 Å². The minimum absolute atomic E-state index is 0.0581. The fraction of sp³-hybridized carbons (Fsp3) is 0.200. The summed E-state index contributed by atoms with van der Waals surface area (Å²) in [5.74, 6) is 0.146. The molecule has 0 spiro atoms. The first kappa shape index (κ1) is 18.1. The molecule has 0 unspecified atom stereocenters. The maximum absolute atomic E-state index is 13.7. The lowest BCUT2D eigenvalue weighted by Gasteiger charge is -2.08. The average Bonchev–Trinajstić information content (AvgIpc) is 3.11. The predicted octanol–water partition coefficient (Wildman–Crippen LogP) is 4.67. The Labute approximate surface area is 155 Å². The first-order valence-electron chi connectivity index (χ1n) is 8.26. The fourth-order valence-electron chi connectivity index (χ4n) is 2.34. The number of halogens is 1. The lowest BCUT2D eigenvalue weighted by Crippen LogP contribution is -2.30. The molecule has 0 radical (unpaired) electrons. The Morgan fingerprint density at radius 2 is 2.04 bits per heavy atom. The van der Waals surface area contributed by atoms with Crippen LogP contribution in [0.25, 0.3) is 10.6 Å². The minimum Gasteiger partial charge on any atom is -0.489 e. The molecule has 134 valence electrons. The second-order valence-corrected chi connectivity index (χ2v) is 6.93. The van der Waals surface area contributed by atoms with Crippen LogP contribution in [0.1, 0.15) is 29.9 Å². The molecule has 1 amide bonds. The normalized spacial score (nSPS) is 10.8. The summed E-state index contributed by atoms with van der Waals surface area (Å²) < 4.78 is 19.4. The third kappa shape index (κ3) is 4.46. The number of carbonyl (C=O) groups excluding carboxylic acids is 1. The Hall–Kier alpha value is -2.73. The lowest BCUT2D eigenvalue weighted by molar-refractivity contribution is 0.0939. The highest BCUT2D eigenvalue weighted by molar-refractivity contribution is 7.13. The Bertz CT molecular complexity index is 908. The zero-order valence-corrected chi connectivity index (χ0v) is 15.3. The van der Waals surface area contributed by atoms with Gasteiger partial charge in [0.2, 0.25) is 0 Å². The Balaban J connectivity index is 1.72. The van der Waals surface area contributed by atoms with Crippen molar-refractivity contribution in [1.29, 1.82) is 0 Å². The van der Waals surface area contributed by atoms with E-state index >= 15 is 0 Å². The van der Waals surface area contributed by atoms with Gasteiger partial charge >= 0.3 is 0 Å². The number of hydrogen-bond donors (Lipinski definition) is 1. The smallest absolute Gasteiger partial charge is 0.270 e. The summed E-state index contributed by atoms with van der Waals surface area (Å²) in [4.78, 5) is 16.4. The number of aromatic nitrogens is 1. The molecule has 0 aliphatic carbocycles. The van der Waals surface area contributed by atoms with Crippen LogP contribution in [0.4, 0.5) is 4.39 Å². The van der Waals surface area contributed by atoms with Crippen molar-refractivity contribution in [3.8, 4) is 16.3 Å². The molecule has 0 atom stereocenters. The molecule has 4 nitrogen and oxygen atoms in total. The van der Waals surface area contributed by atoms with E-state index in [-0.39, 0.29) is 24.4 Å². The molecule has 0 fully saturated rings. The van der Waals surface area contributed by atoms with Crippen LogP contribution in [0, 0.1) is 5.82 Å². The van der Waals surface area contributed by atoms with Gasteiger partial charge in [0, 0.05) is 22.5 Å². The highest BCUT2D eigenvalue weighted by Crippen LogP contribution is 2.27. The summed E-state index contributed by atoms with van der Waals surface area (Å²) in [6.45, 7) is 3.96. The molecule has 0 saturated heterocycles. The maximum Gasteiger partial charge on any atom is 0.270 e. The van der Waals surface area contributed by atoms with E-state index in [1.807, 2.05) is 38.1 Å². The van der Waals surface area contributed by atoms with Gasteiger partial charge in [0.05, 0.1) is 0 Å². The van der Waals surface area contributed by atoms with Gasteiger partial charge in [-0.15, -0.1) is 11.3 Å². The number of nitrogens with zero attached hydrogens (tertiary/aromatic N) is 1. The summed E-state index contributed by atoms with van der Waals surface area (Å²) in [6, 6.07) is 14.0. The van der Waals surface area contributed by atoms with Gasteiger partial charge in [0.15, 0.2) is 0 Å². The number of benzene rings is 2. The topological polar surface area (TPSA) is 51.2 Å². The van der Waals surface area contributed by atoms with Crippen LogP contribution < -0.4 is 10.1 Å².